The van der Waals surface area contributed by atoms with Gasteiger partial charge < -0.3 is 15.4 Å². The van der Waals surface area contributed by atoms with E-state index in [4.69, 9.17) is 4.74 Å². The first kappa shape index (κ1) is 14.7. The zero-order valence-electron chi connectivity index (χ0n) is 13.0. The number of aromatic nitrogens is 1. The van der Waals surface area contributed by atoms with Crippen molar-refractivity contribution in [3.63, 3.8) is 0 Å². The number of nitrogens with one attached hydrogen (secondary N) is 2. The van der Waals surface area contributed by atoms with Crippen LogP contribution in [-0.2, 0) is 11.2 Å². The molecule has 0 spiro atoms. The molecule has 4 rings (SSSR count). The molecule has 1 amide bonds. The number of rotatable bonds is 4. The fourth-order valence-corrected chi connectivity index (χ4v) is 3.42. The molecular formula is C18H15N3O2S. The third kappa shape index (κ3) is 2.83. The predicted molar refractivity (Wildman–Crippen MR) is 96.2 cm³/mol. The number of hydrogen-bond donors (Lipinski definition) is 2. The Bertz CT molecular complexity index is 920. The van der Waals surface area contributed by atoms with Crippen LogP contribution in [0.2, 0.25) is 0 Å². The van der Waals surface area contributed by atoms with Crippen LogP contribution in [0.4, 0.5) is 16.5 Å². The number of carbonyl (C=O) groups excluding carboxylic acids is 1. The van der Waals surface area contributed by atoms with Crippen LogP contribution in [0.3, 0.4) is 0 Å². The first-order valence-corrected chi connectivity index (χ1v) is 8.39. The van der Waals surface area contributed by atoms with Gasteiger partial charge in [-0.25, -0.2) is 4.98 Å². The average molecular weight is 337 g/mol. The molecule has 3 aromatic rings. The largest absolute Gasteiger partial charge is 0.497 e. The van der Waals surface area contributed by atoms with E-state index < -0.39 is 0 Å². The fourth-order valence-electron chi connectivity index (χ4n) is 2.68. The minimum absolute atomic E-state index is 0.0424. The fraction of sp³-hybridized carbons (Fsp3) is 0.111. The normalized spacial score (nSPS) is 12.6. The van der Waals surface area contributed by atoms with Crippen LogP contribution in [0.5, 0.6) is 5.75 Å². The monoisotopic (exact) mass is 337 g/mol. The molecule has 1 aliphatic heterocycles. The van der Waals surface area contributed by atoms with E-state index in [1.807, 2.05) is 47.8 Å². The summed E-state index contributed by atoms with van der Waals surface area (Å²) >= 11 is 1.54. The van der Waals surface area contributed by atoms with Gasteiger partial charge in [0.2, 0.25) is 5.91 Å². The highest BCUT2D eigenvalue weighted by Gasteiger charge is 2.18. The Morgan fingerprint density at radius 3 is 3.04 bits per heavy atom. The Balaban J connectivity index is 1.57. The van der Waals surface area contributed by atoms with E-state index in [9.17, 15) is 4.79 Å². The van der Waals surface area contributed by atoms with Crippen LogP contribution >= 0.6 is 11.3 Å². The summed E-state index contributed by atoms with van der Waals surface area (Å²) in [6, 6.07) is 13.7. The summed E-state index contributed by atoms with van der Waals surface area (Å²) in [6.07, 6.45) is 0.433. The molecule has 6 heteroatoms. The van der Waals surface area contributed by atoms with Gasteiger partial charge in [0.1, 0.15) is 5.75 Å². The molecule has 0 saturated carbocycles. The van der Waals surface area contributed by atoms with E-state index in [0.29, 0.717) is 6.42 Å². The summed E-state index contributed by atoms with van der Waals surface area (Å²) in [5.74, 6) is 0.841. The molecule has 5 nitrogen and oxygen atoms in total. The minimum Gasteiger partial charge on any atom is -0.497 e. The van der Waals surface area contributed by atoms with Gasteiger partial charge in [-0.3, -0.25) is 4.79 Å². The summed E-state index contributed by atoms with van der Waals surface area (Å²) in [6.45, 7) is 0. The van der Waals surface area contributed by atoms with Crippen LogP contribution in [-0.4, -0.2) is 18.0 Å². The maximum absolute atomic E-state index is 11.5. The molecule has 0 radical (unpaired) electrons. The Hall–Kier alpha value is -2.86. The smallest absolute Gasteiger partial charge is 0.228 e. The van der Waals surface area contributed by atoms with Gasteiger partial charge >= 0.3 is 0 Å². The van der Waals surface area contributed by atoms with Crippen molar-refractivity contribution >= 4 is 33.8 Å². The van der Waals surface area contributed by atoms with Crippen molar-refractivity contribution in [2.45, 2.75) is 6.42 Å². The Kier molecular flexibility index (Phi) is 3.66. The van der Waals surface area contributed by atoms with Crippen LogP contribution < -0.4 is 15.4 Å². The predicted octanol–water partition coefficient (Wildman–Crippen LogP) is 4.06. The van der Waals surface area contributed by atoms with Gasteiger partial charge in [-0.1, -0.05) is 12.1 Å². The Labute approximate surface area is 143 Å². The number of hydrogen-bond acceptors (Lipinski definition) is 5. The summed E-state index contributed by atoms with van der Waals surface area (Å²) in [7, 11) is 1.65. The van der Waals surface area contributed by atoms with E-state index in [0.717, 1.165) is 39.1 Å². The summed E-state index contributed by atoms with van der Waals surface area (Å²) in [5, 5.41) is 8.95. The van der Waals surface area contributed by atoms with Crippen molar-refractivity contribution in [1.82, 2.24) is 4.98 Å². The number of thiazole rings is 1. The van der Waals surface area contributed by atoms with Crippen molar-refractivity contribution in [3.05, 3.63) is 53.4 Å². The van der Waals surface area contributed by atoms with Gasteiger partial charge in [-0.05, 0) is 29.8 Å². The number of benzene rings is 2. The molecule has 2 aromatic carbocycles. The second kappa shape index (κ2) is 5.98. The van der Waals surface area contributed by atoms with Crippen LogP contribution in [0, 0.1) is 0 Å². The number of methoxy groups -OCH3 is 1. The Morgan fingerprint density at radius 1 is 1.25 bits per heavy atom. The van der Waals surface area contributed by atoms with Crippen molar-refractivity contribution in [1.29, 1.82) is 0 Å². The number of nitrogens with zero attached hydrogens (tertiary/aromatic N) is 1. The molecule has 24 heavy (non-hydrogen) atoms. The standard InChI is InChI=1S/C18H15N3O2S/c1-23-14-4-2-3-13(9-14)19-18-21-16(10-24-18)11-5-6-15-12(7-11)8-17(22)20-15/h2-7,9-10H,8H2,1H3,(H,19,21)(H,20,22). The van der Waals surface area contributed by atoms with Crippen molar-refractivity contribution < 1.29 is 9.53 Å². The van der Waals surface area contributed by atoms with Gasteiger partial charge in [-0.2, -0.15) is 0 Å². The van der Waals surface area contributed by atoms with E-state index in [1.165, 1.54) is 0 Å². The molecule has 0 saturated heterocycles. The van der Waals surface area contributed by atoms with Crippen molar-refractivity contribution in [2.75, 3.05) is 17.7 Å². The molecule has 0 fully saturated rings. The van der Waals surface area contributed by atoms with Gasteiger partial charge in [0.25, 0.3) is 0 Å². The van der Waals surface area contributed by atoms with E-state index in [2.05, 4.69) is 15.6 Å². The van der Waals surface area contributed by atoms with Gasteiger partial charge in [0.15, 0.2) is 5.13 Å². The molecule has 0 bridgehead atoms. The molecule has 0 aliphatic carbocycles. The number of carbonyl (C=O) groups is 1. The lowest BCUT2D eigenvalue weighted by Crippen LogP contribution is -2.03. The first-order chi connectivity index (χ1) is 11.7. The lowest BCUT2D eigenvalue weighted by Gasteiger charge is -2.05. The highest BCUT2D eigenvalue weighted by molar-refractivity contribution is 7.14. The summed E-state index contributed by atoms with van der Waals surface area (Å²) in [5.41, 5.74) is 4.76. The van der Waals surface area contributed by atoms with E-state index in [1.54, 1.807) is 18.4 Å². The Morgan fingerprint density at radius 2 is 2.17 bits per heavy atom. The first-order valence-electron chi connectivity index (χ1n) is 7.51. The van der Waals surface area contributed by atoms with Gasteiger partial charge in [0, 0.05) is 28.4 Å². The van der Waals surface area contributed by atoms with Crippen LogP contribution in [0.25, 0.3) is 11.3 Å². The zero-order valence-corrected chi connectivity index (χ0v) is 13.8. The number of fused-ring (bicyclic) bond motifs is 1. The van der Waals surface area contributed by atoms with Crippen LogP contribution in [0.15, 0.2) is 47.8 Å². The molecule has 1 aliphatic rings. The molecule has 120 valence electrons. The van der Waals surface area contributed by atoms with Crippen molar-refractivity contribution in [3.8, 4) is 17.0 Å². The molecule has 2 N–H and O–H groups in total. The van der Waals surface area contributed by atoms with Crippen molar-refractivity contribution in [2.24, 2.45) is 0 Å². The maximum Gasteiger partial charge on any atom is 0.228 e. The lowest BCUT2D eigenvalue weighted by atomic mass is 10.1. The van der Waals surface area contributed by atoms with Gasteiger partial charge in [-0.15, -0.1) is 11.3 Å². The van der Waals surface area contributed by atoms with Gasteiger partial charge in [0.05, 0.1) is 19.2 Å². The molecule has 2 heterocycles. The summed E-state index contributed by atoms with van der Waals surface area (Å²) < 4.78 is 5.23. The molecule has 1 aromatic heterocycles. The minimum atomic E-state index is 0.0424. The molecule has 0 atom stereocenters. The number of ether oxygens (including phenoxy) is 1. The number of anilines is 3. The second-order valence-electron chi connectivity index (χ2n) is 5.49. The maximum atomic E-state index is 11.5. The third-order valence-corrected chi connectivity index (χ3v) is 4.61. The number of amides is 1. The van der Waals surface area contributed by atoms with Crippen LogP contribution in [0.1, 0.15) is 5.56 Å². The van der Waals surface area contributed by atoms with E-state index >= 15 is 0 Å². The second-order valence-corrected chi connectivity index (χ2v) is 6.35. The van der Waals surface area contributed by atoms with E-state index in [-0.39, 0.29) is 5.91 Å². The average Bonchev–Trinajstić information content (AvgIpc) is 3.19. The quantitative estimate of drug-likeness (QED) is 0.754. The molecule has 0 unspecified atom stereocenters. The summed E-state index contributed by atoms with van der Waals surface area (Å²) in [4.78, 5) is 16.1. The lowest BCUT2D eigenvalue weighted by molar-refractivity contribution is -0.115. The molecular weight excluding hydrogens is 322 g/mol. The zero-order chi connectivity index (χ0) is 16.5. The third-order valence-electron chi connectivity index (χ3n) is 3.85. The SMILES string of the molecule is COc1cccc(Nc2nc(-c3ccc4c(c3)CC(=O)N4)cs2)c1. The highest BCUT2D eigenvalue weighted by Crippen LogP contribution is 2.32. The highest BCUT2D eigenvalue weighted by atomic mass is 32.1. The topological polar surface area (TPSA) is 63.2 Å².